The van der Waals surface area contributed by atoms with Gasteiger partial charge in [-0.25, -0.2) is 4.39 Å². The summed E-state index contributed by atoms with van der Waals surface area (Å²) in [5, 5.41) is 3.01. The number of halogens is 1. The number of rotatable bonds is 4. The van der Waals surface area contributed by atoms with Crippen molar-refractivity contribution in [3.8, 4) is 0 Å². The molecule has 0 radical (unpaired) electrons. The van der Waals surface area contributed by atoms with Gasteiger partial charge in [0.15, 0.2) is 0 Å². The van der Waals surface area contributed by atoms with Crippen LogP contribution in [0.5, 0.6) is 0 Å². The third-order valence-electron chi connectivity index (χ3n) is 4.96. The van der Waals surface area contributed by atoms with Gasteiger partial charge in [-0.1, -0.05) is 24.3 Å². The van der Waals surface area contributed by atoms with Crippen LogP contribution in [0.25, 0.3) is 0 Å². The van der Waals surface area contributed by atoms with Crippen LogP contribution >= 0.6 is 0 Å². The molecule has 1 fully saturated rings. The average Bonchev–Trinajstić information content (AvgIpc) is 2.67. The molecule has 4 nitrogen and oxygen atoms in total. The van der Waals surface area contributed by atoms with E-state index in [4.69, 9.17) is 0 Å². The number of nitrogens with zero attached hydrogens (tertiary/aromatic N) is 1. The number of carbonyl (C=O) groups excluding carboxylic acids is 2. The Hall–Kier alpha value is -2.69. The summed E-state index contributed by atoms with van der Waals surface area (Å²) in [4.78, 5) is 26.6. The molecule has 5 heteroatoms. The maximum absolute atomic E-state index is 13.0. The first-order valence-electron chi connectivity index (χ1n) is 8.91. The van der Waals surface area contributed by atoms with Crippen molar-refractivity contribution in [1.82, 2.24) is 10.2 Å². The first-order chi connectivity index (χ1) is 12.5. The van der Waals surface area contributed by atoms with Gasteiger partial charge in [-0.05, 0) is 55.2 Å². The highest BCUT2D eigenvalue weighted by Crippen LogP contribution is 2.20. The lowest BCUT2D eigenvalue weighted by Gasteiger charge is -2.31. The average molecular weight is 354 g/mol. The van der Waals surface area contributed by atoms with E-state index in [9.17, 15) is 14.0 Å². The lowest BCUT2D eigenvalue weighted by molar-refractivity contribution is -0.126. The molecule has 0 unspecified atom stereocenters. The lowest BCUT2D eigenvalue weighted by Crippen LogP contribution is -2.43. The summed E-state index contributed by atoms with van der Waals surface area (Å²) in [6.07, 6.45) is 1.29. The van der Waals surface area contributed by atoms with Crippen LogP contribution in [-0.4, -0.2) is 29.8 Å². The van der Waals surface area contributed by atoms with Crippen molar-refractivity contribution in [2.75, 3.05) is 13.1 Å². The molecule has 3 rings (SSSR count). The molecule has 2 aromatic carbocycles. The Labute approximate surface area is 153 Å². The summed E-state index contributed by atoms with van der Waals surface area (Å²) in [5.41, 5.74) is 2.76. The van der Waals surface area contributed by atoms with Crippen LogP contribution in [0, 0.1) is 18.7 Å². The first-order valence-corrected chi connectivity index (χ1v) is 8.91. The quantitative estimate of drug-likeness (QED) is 0.916. The van der Waals surface area contributed by atoms with Gasteiger partial charge in [-0.15, -0.1) is 0 Å². The maximum atomic E-state index is 13.0. The first kappa shape index (κ1) is 18.1. The van der Waals surface area contributed by atoms with Crippen LogP contribution in [0.4, 0.5) is 4.39 Å². The van der Waals surface area contributed by atoms with E-state index in [0.29, 0.717) is 38.0 Å². The molecule has 0 aliphatic carbocycles. The normalized spacial score (nSPS) is 14.9. The van der Waals surface area contributed by atoms with Crippen molar-refractivity contribution in [2.45, 2.75) is 26.3 Å². The van der Waals surface area contributed by atoms with Crippen molar-refractivity contribution in [3.05, 3.63) is 71.0 Å². The van der Waals surface area contributed by atoms with Gasteiger partial charge in [0, 0.05) is 31.1 Å². The Bertz CT molecular complexity index is 781. The summed E-state index contributed by atoms with van der Waals surface area (Å²) in [5.74, 6) is -0.493. The largest absolute Gasteiger partial charge is 0.352 e. The van der Waals surface area contributed by atoms with E-state index < -0.39 is 0 Å². The van der Waals surface area contributed by atoms with Crippen molar-refractivity contribution < 1.29 is 14.0 Å². The number of carbonyl (C=O) groups is 2. The number of piperidine rings is 1. The number of likely N-dealkylation sites (tertiary alicyclic amines) is 1. The topological polar surface area (TPSA) is 49.4 Å². The Balaban J connectivity index is 1.50. The summed E-state index contributed by atoms with van der Waals surface area (Å²) in [7, 11) is 0. The van der Waals surface area contributed by atoms with E-state index >= 15 is 0 Å². The van der Waals surface area contributed by atoms with E-state index in [1.165, 1.54) is 24.3 Å². The van der Waals surface area contributed by atoms with Crippen LogP contribution in [0.15, 0.2) is 48.5 Å². The van der Waals surface area contributed by atoms with Crippen LogP contribution in [0.3, 0.4) is 0 Å². The Morgan fingerprint density at radius 2 is 1.73 bits per heavy atom. The van der Waals surface area contributed by atoms with Gasteiger partial charge in [0.05, 0.1) is 0 Å². The second-order valence-electron chi connectivity index (χ2n) is 6.72. The molecule has 1 heterocycles. The number of hydrogen-bond acceptors (Lipinski definition) is 2. The lowest BCUT2D eigenvalue weighted by atomic mass is 9.95. The smallest absolute Gasteiger partial charge is 0.253 e. The molecule has 0 atom stereocenters. The Kier molecular flexibility index (Phi) is 5.66. The van der Waals surface area contributed by atoms with Crippen molar-refractivity contribution in [2.24, 2.45) is 5.92 Å². The third kappa shape index (κ3) is 4.28. The van der Waals surface area contributed by atoms with Gasteiger partial charge in [-0.2, -0.15) is 0 Å². The van der Waals surface area contributed by atoms with Crippen LogP contribution in [0.1, 0.15) is 34.3 Å². The van der Waals surface area contributed by atoms with E-state index in [1.54, 1.807) is 4.90 Å². The number of nitrogens with one attached hydrogen (secondary N) is 1. The summed E-state index contributed by atoms with van der Waals surface area (Å²) < 4.78 is 13.0. The third-order valence-corrected chi connectivity index (χ3v) is 4.96. The van der Waals surface area contributed by atoms with E-state index in [-0.39, 0.29) is 23.5 Å². The maximum Gasteiger partial charge on any atom is 0.253 e. The number of amides is 2. The summed E-state index contributed by atoms with van der Waals surface area (Å²) >= 11 is 0. The number of benzene rings is 2. The van der Waals surface area contributed by atoms with Crippen molar-refractivity contribution in [3.63, 3.8) is 0 Å². The second kappa shape index (κ2) is 8.13. The second-order valence-corrected chi connectivity index (χ2v) is 6.72. The molecule has 0 bridgehead atoms. The predicted octanol–water partition coefficient (Wildman–Crippen LogP) is 3.30. The summed E-state index contributed by atoms with van der Waals surface area (Å²) in [6, 6.07) is 13.6. The molecule has 1 N–H and O–H groups in total. The van der Waals surface area contributed by atoms with Gasteiger partial charge >= 0.3 is 0 Å². The van der Waals surface area contributed by atoms with Gasteiger partial charge in [-0.3, -0.25) is 9.59 Å². The molecule has 1 aliphatic heterocycles. The fourth-order valence-electron chi connectivity index (χ4n) is 3.25. The van der Waals surface area contributed by atoms with Crippen molar-refractivity contribution >= 4 is 11.8 Å². The minimum Gasteiger partial charge on any atom is -0.352 e. The summed E-state index contributed by atoms with van der Waals surface area (Å²) in [6.45, 7) is 3.64. The molecule has 2 aromatic rings. The SMILES string of the molecule is Cc1ccccc1CNC(=O)C1CCN(C(=O)c2ccc(F)cc2)CC1. The van der Waals surface area contributed by atoms with Crippen LogP contribution in [0.2, 0.25) is 0 Å². The Morgan fingerprint density at radius 3 is 2.38 bits per heavy atom. The highest BCUT2D eigenvalue weighted by Gasteiger charge is 2.27. The molecular weight excluding hydrogens is 331 g/mol. The zero-order chi connectivity index (χ0) is 18.5. The minimum absolute atomic E-state index is 0.0436. The number of hydrogen-bond donors (Lipinski definition) is 1. The highest BCUT2D eigenvalue weighted by molar-refractivity contribution is 5.94. The molecule has 1 aliphatic rings. The van der Waals surface area contributed by atoms with Gasteiger partial charge < -0.3 is 10.2 Å². The van der Waals surface area contributed by atoms with Crippen molar-refractivity contribution in [1.29, 1.82) is 0 Å². The monoisotopic (exact) mass is 354 g/mol. The predicted molar refractivity (Wildman–Crippen MR) is 98.1 cm³/mol. The fraction of sp³-hybridized carbons (Fsp3) is 0.333. The fourth-order valence-corrected chi connectivity index (χ4v) is 3.25. The van der Waals surface area contributed by atoms with E-state index in [1.807, 2.05) is 31.2 Å². The highest BCUT2D eigenvalue weighted by atomic mass is 19.1. The molecular formula is C21H23FN2O2. The van der Waals surface area contributed by atoms with Crippen LogP contribution < -0.4 is 5.32 Å². The number of aryl methyl sites for hydroxylation is 1. The Morgan fingerprint density at radius 1 is 1.08 bits per heavy atom. The standard InChI is InChI=1S/C21H23FN2O2/c1-15-4-2-3-5-18(15)14-23-20(25)16-10-12-24(13-11-16)21(26)17-6-8-19(22)9-7-17/h2-9,16H,10-14H2,1H3,(H,23,25). The minimum atomic E-state index is -0.356. The molecule has 0 saturated carbocycles. The molecule has 0 aromatic heterocycles. The van der Waals surface area contributed by atoms with Crippen LogP contribution in [-0.2, 0) is 11.3 Å². The molecule has 2 amide bonds. The molecule has 0 spiro atoms. The molecule has 136 valence electrons. The van der Waals surface area contributed by atoms with Gasteiger partial charge in [0.1, 0.15) is 5.82 Å². The van der Waals surface area contributed by atoms with E-state index in [2.05, 4.69) is 5.32 Å². The van der Waals surface area contributed by atoms with Gasteiger partial charge in [0.25, 0.3) is 5.91 Å². The molecule has 1 saturated heterocycles. The van der Waals surface area contributed by atoms with E-state index in [0.717, 1.165) is 11.1 Å². The van der Waals surface area contributed by atoms with Gasteiger partial charge in [0.2, 0.25) is 5.91 Å². The zero-order valence-electron chi connectivity index (χ0n) is 14.9. The zero-order valence-corrected chi connectivity index (χ0v) is 14.9. The molecule has 26 heavy (non-hydrogen) atoms.